The summed E-state index contributed by atoms with van der Waals surface area (Å²) in [5, 5.41) is 15.3. The van der Waals surface area contributed by atoms with Crippen molar-refractivity contribution in [1.82, 2.24) is 39.6 Å². The average Bonchev–Trinajstić information content (AvgIpc) is 3.85. The van der Waals surface area contributed by atoms with Crippen LogP contribution in [0.25, 0.3) is 33.3 Å². The maximum absolute atomic E-state index is 15.7. The Morgan fingerprint density at radius 3 is 2.41 bits per heavy atom. The van der Waals surface area contributed by atoms with Crippen LogP contribution in [0.4, 0.5) is 36.6 Å². The van der Waals surface area contributed by atoms with Crippen molar-refractivity contribution in [1.29, 1.82) is 0 Å². The minimum absolute atomic E-state index is 0.000669. The predicted molar refractivity (Wildman–Crippen MR) is 206 cm³/mol. The number of rotatable bonds is 11. The summed E-state index contributed by atoms with van der Waals surface area (Å²) in [4.78, 5) is 19.1. The lowest BCUT2D eigenvalue weighted by molar-refractivity contribution is -0.144. The number of carbonyl (C=O) groups excluding carboxylic acids is 1. The minimum atomic E-state index is -5.08. The Bertz CT molecular complexity index is 2850. The molecule has 1 amide bonds. The van der Waals surface area contributed by atoms with Gasteiger partial charge in [-0.3, -0.25) is 23.6 Å². The number of benzene rings is 2. The molecule has 320 valence electrons. The molecule has 2 aliphatic carbocycles. The molecule has 5 heterocycles. The Hall–Kier alpha value is -5.54. The molecule has 2 fully saturated rings. The Balaban J connectivity index is 1.20. The van der Waals surface area contributed by atoms with E-state index in [1.54, 1.807) is 35.3 Å². The van der Waals surface area contributed by atoms with Crippen LogP contribution in [0, 0.1) is 17.6 Å². The summed E-state index contributed by atoms with van der Waals surface area (Å²) in [7, 11) is -2.32. The van der Waals surface area contributed by atoms with E-state index in [9.17, 15) is 35.2 Å². The van der Waals surface area contributed by atoms with E-state index in [1.165, 1.54) is 17.8 Å². The molecule has 1 saturated heterocycles. The van der Waals surface area contributed by atoms with E-state index in [1.807, 2.05) is 0 Å². The van der Waals surface area contributed by atoms with Crippen LogP contribution in [0.1, 0.15) is 59.1 Å². The summed E-state index contributed by atoms with van der Waals surface area (Å²) in [5.74, 6) is -9.18. The van der Waals surface area contributed by atoms with Gasteiger partial charge in [-0.1, -0.05) is 23.7 Å². The van der Waals surface area contributed by atoms with Crippen molar-refractivity contribution in [2.45, 2.75) is 55.9 Å². The fraction of sp³-hybridized carbons (Fsp3) is 0.359. The Labute approximate surface area is 346 Å². The van der Waals surface area contributed by atoms with Gasteiger partial charge in [-0.2, -0.15) is 37.2 Å². The lowest BCUT2D eigenvalue weighted by Gasteiger charge is -2.34. The highest BCUT2D eigenvalue weighted by atomic mass is 35.5. The molecule has 2 N–H and O–H groups in total. The highest BCUT2D eigenvalue weighted by Gasteiger charge is 2.63. The standard InChI is InChI=1S/C39H33ClF7N9O4S/c1-54-34-24(4-7-27(40)32(34)37(52-54)53-61(2,58)59)23-5-8-28(19-13-48-55(14-19)22-16-60-17-22)50-33(23)29(11-18-9-20(41)12-21(42)10-18)49-30(57)15-56-36-31(35(51-56)39(45,46)47)25-3-6-26(25)38(36,43)44/h4-5,7-10,12-14,22,25-26,29H,3,6,11,15-17H2,1-2H3,(H,49,57)(H,52,53)/t25-,26+,29-/m0/s1. The molecule has 61 heavy (non-hydrogen) atoms. The van der Waals surface area contributed by atoms with Crippen LogP contribution in [-0.2, 0) is 51.7 Å². The first kappa shape index (κ1) is 40.8. The molecule has 9 rings (SSSR count). The predicted octanol–water partition coefficient (Wildman–Crippen LogP) is 7.29. The number of alkyl halides is 5. The topological polar surface area (TPSA) is 151 Å². The first-order valence-electron chi connectivity index (χ1n) is 18.8. The van der Waals surface area contributed by atoms with E-state index in [-0.39, 0.29) is 58.4 Å². The zero-order valence-electron chi connectivity index (χ0n) is 31.9. The van der Waals surface area contributed by atoms with Crippen molar-refractivity contribution in [2.75, 3.05) is 24.2 Å². The van der Waals surface area contributed by atoms with Crippen molar-refractivity contribution in [3.05, 3.63) is 99.7 Å². The van der Waals surface area contributed by atoms with Gasteiger partial charge in [0.1, 0.15) is 23.9 Å². The number of aromatic nitrogens is 7. The van der Waals surface area contributed by atoms with Gasteiger partial charge in [0.2, 0.25) is 15.9 Å². The lowest BCUT2D eigenvalue weighted by Crippen LogP contribution is -2.36. The molecule has 1 saturated carbocycles. The third-order valence-corrected chi connectivity index (χ3v) is 12.2. The fourth-order valence-corrected chi connectivity index (χ4v) is 9.27. The van der Waals surface area contributed by atoms with E-state index in [0.29, 0.717) is 46.3 Å². The number of sulfonamides is 1. The molecule has 4 aromatic heterocycles. The van der Waals surface area contributed by atoms with Crippen molar-refractivity contribution in [2.24, 2.45) is 13.0 Å². The van der Waals surface area contributed by atoms with Crippen LogP contribution in [0.5, 0.6) is 0 Å². The first-order valence-corrected chi connectivity index (χ1v) is 21.1. The van der Waals surface area contributed by atoms with Gasteiger partial charge in [-0.05, 0) is 55.0 Å². The number of carbonyl (C=O) groups is 1. The molecule has 3 atom stereocenters. The number of hydrogen-bond donors (Lipinski definition) is 2. The second-order valence-electron chi connectivity index (χ2n) is 15.5. The van der Waals surface area contributed by atoms with Crippen LogP contribution in [0.15, 0.2) is 54.9 Å². The first-order chi connectivity index (χ1) is 28.8. The number of aryl methyl sites for hydroxylation is 1. The molecule has 2 aromatic carbocycles. The number of ether oxygens (including phenoxy) is 1. The van der Waals surface area contributed by atoms with E-state index < -0.39 is 81.0 Å². The molecule has 22 heteroatoms. The molecule has 0 bridgehead atoms. The van der Waals surface area contributed by atoms with Gasteiger partial charge in [0, 0.05) is 47.5 Å². The van der Waals surface area contributed by atoms with Gasteiger partial charge in [0.15, 0.2) is 11.5 Å². The maximum atomic E-state index is 15.7. The Kier molecular flexibility index (Phi) is 9.74. The summed E-state index contributed by atoms with van der Waals surface area (Å²) in [6.45, 7) is -0.205. The van der Waals surface area contributed by atoms with Crippen LogP contribution < -0.4 is 10.0 Å². The molecule has 6 aromatic rings. The van der Waals surface area contributed by atoms with E-state index in [0.717, 1.165) is 18.4 Å². The van der Waals surface area contributed by atoms with Crippen LogP contribution in [0.2, 0.25) is 5.02 Å². The summed E-state index contributed by atoms with van der Waals surface area (Å²) < 4.78 is 139. The second kappa shape index (κ2) is 14.5. The number of hydrogen-bond acceptors (Lipinski definition) is 8. The summed E-state index contributed by atoms with van der Waals surface area (Å²) >= 11 is 6.63. The summed E-state index contributed by atoms with van der Waals surface area (Å²) in [6, 6.07) is 7.66. The number of pyridine rings is 1. The summed E-state index contributed by atoms with van der Waals surface area (Å²) in [6.07, 6.45) is -1.13. The molecule has 13 nitrogen and oxygen atoms in total. The third kappa shape index (κ3) is 7.28. The van der Waals surface area contributed by atoms with Crippen molar-refractivity contribution in [3.63, 3.8) is 0 Å². The number of halogens is 8. The zero-order chi connectivity index (χ0) is 43.3. The number of nitrogens with one attached hydrogen (secondary N) is 2. The second-order valence-corrected chi connectivity index (χ2v) is 17.6. The Morgan fingerprint density at radius 2 is 1.77 bits per heavy atom. The van der Waals surface area contributed by atoms with Gasteiger partial charge in [-0.25, -0.2) is 22.2 Å². The zero-order valence-corrected chi connectivity index (χ0v) is 33.5. The van der Waals surface area contributed by atoms with Gasteiger partial charge in [-0.15, -0.1) is 0 Å². The summed E-state index contributed by atoms with van der Waals surface area (Å²) in [5.41, 5.74) is -1.21. The molecule has 0 radical (unpaired) electrons. The molecule has 0 unspecified atom stereocenters. The highest BCUT2D eigenvalue weighted by Crippen LogP contribution is 2.64. The smallest absolute Gasteiger partial charge is 0.377 e. The number of anilines is 1. The van der Waals surface area contributed by atoms with E-state index in [2.05, 4.69) is 25.3 Å². The number of amides is 1. The average molecular weight is 892 g/mol. The molecular weight excluding hydrogens is 859 g/mol. The van der Waals surface area contributed by atoms with Crippen LogP contribution >= 0.6 is 11.6 Å². The minimum Gasteiger partial charge on any atom is -0.377 e. The quantitative estimate of drug-likeness (QED) is 0.129. The Morgan fingerprint density at radius 1 is 1.05 bits per heavy atom. The van der Waals surface area contributed by atoms with Crippen molar-refractivity contribution < 1.29 is 48.7 Å². The monoisotopic (exact) mass is 891 g/mol. The van der Waals surface area contributed by atoms with Crippen LogP contribution in [0.3, 0.4) is 0 Å². The van der Waals surface area contributed by atoms with Crippen molar-refractivity contribution in [3.8, 4) is 22.4 Å². The largest absolute Gasteiger partial charge is 0.435 e. The third-order valence-electron chi connectivity index (χ3n) is 11.3. The van der Waals surface area contributed by atoms with Crippen LogP contribution in [-0.4, -0.2) is 68.1 Å². The SMILES string of the molecule is Cn1nc(NS(C)(=O)=O)c2c(Cl)ccc(-c3ccc(-c4cnn(C5COC5)c4)nc3[C@H](Cc3cc(F)cc(F)c3)NC(=O)Cn3nc(C(F)(F)F)c4c3C(F)(F)[C@@H]3CC[C@H]43)c21. The van der Waals surface area contributed by atoms with E-state index in [4.69, 9.17) is 21.3 Å². The molecule has 1 aliphatic heterocycles. The highest BCUT2D eigenvalue weighted by molar-refractivity contribution is 7.92. The number of nitrogens with zero attached hydrogens (tertiary/aromatic N) is 7. The molecular formula is C39H33ClF7N9O4S. The van der Waals surface area contributed by atoms with Gasteiger partial charge in [0.25, 0.3) is 5.92 Å². The van der Waals surface area contributed by atoms with Gasteiger partial charge < -0.3 is 10.1 Å². The fourth-order valence-electron chi connectivity index (χ4n) is 8.53. The van der Waals surface area contributed by atoms with Crippen molar-refractivity contribution >= 4 is 44.3 Å². The van der Waals surface area contributed by atoms with Gasteiger partial charge in [0.05, 0.1) is 65.1 Å². The number of fused-ring (bicyclic) bond motifs is 4. The van der Waals surface area contributed by atoms with E-state index >= 15 is 8.78 Å². The van der Waals surface area contributed by atoms with Gasteiger partial charge >= 0.3 is 6.18 Å². The molecule has 3 aliphatic rings. The molecule has 0 spiro atoms. The lowest BCUT2D eigenvalue weighted by atomic mass is 9.73. The maximum Gasteiger partial charge on any atom is 0.435 e. The normalized spacial score (nSPS) is 19.0.